The van der Waals surface area contributed by atoms with Crippen molar-refractivity contribution in [1.29, 1.82) is 0 Å². The van der Waals surface area contributed by atoms with Gasteiger partial charge < -0.3 is 15.0 Å². The largest absolute Gasteiger partial charge is 0.396 e. The van der Waals surface area contributed by atoms with Crippen molar-refractivity contribution in [3.8, 4) is 0 Å². The third kappa shape index (κ3) is 2.57. The van der Waals surface area contributed by atoms with E-state index in [1.165, 1.54) is 0 Å². The average molecular weight is 333 g/mol. The number of aliphatic hydroxyl groups excluding tert-OH is 1. The van der Waals surface area contributed by atoms with Gasteiger partial charge in [0.1, 0.15) is 5.82 Å². The normalized spacial score (nSPS) is 28.6. The molecule has 0 spiro atoms. The van der Waals surface area contributed by atoms with Crippen molar-refractivity contribution < 1.29 is 9.90 Å². The highest BCUT2D eigenvalue weighted by Crippen LogP contribution is 2.51. The van der Waals surface area contributed by atoms with Crippen LogP contribution in [0.4, 0.5) is 0 Å². The second-order valence-electron chi connectivity index (χ2n) is 7.23. The van der Waals surface area contributed by atoms with Crippen LogP contribution in [0.2, 0.25) is 0 Å². The van der Waals surface area contributed by atoms with E-state index in [0.29, 0.717) is 23.5 Å². The number of rotatable bonds is 5. The molecule has 3 atom stereocenters. The molecular formula is C18H27N3O3. The minimum absolute atomic E-state index is 0.00840. The lowest BCUT2D eigenvalue weighted by atomic mass is 9.72. The van der Waals surface area contributed by atoms with E-state index in [1.54, 1.807) is 6.92 Å². The summed E-state index contributed by atoms with van der Waals surface area (Å²) in [6.07, 6.45) is 4.46. The molecule has 2 N–H and O–H groups in total. The van der Waals surface area contributed by atoms with Gasteiger partial charge in [-0.25, -0.2) is 4.98 Å². The summed E-state index contributed by atoms with van der Waals surface area (Å²) in [5.41, 5.74) is 0.738. The van der Waals surface area contributed by atoms with Crippen LogP contribution in [0, 0.1) is 12.3 Å². The van der Waals surface area contributed by atoms with E-state index in [0.717, 1.165) is 25.7 Å². The molecule has 2 bridgehead atoms. The molecule has 1 amide bonds. The summed E-state index contributed by atoms with van der Waals surface area (Å²) < 4.78 is 0. The number of carbonyl (C=O) groups is 1. The quantitative estimate of drug-likeness (QED) is 0.851. The molecule has 132 valence electrons. The van der Waals surface area contributed by atoms with Crippen LogP contribution in [0.1, 0.15) is 56.6 Å². The highest BCUT2D eigenvalue weighted by Gasteiger charge is 2.56. The molecule has 3 heterocycles. The van der Waals surface area contributed by atoms with Gasteiger partial charge in [-0.1, -0.05) is 13.8 Å². The van der Waals surface area contributed by atoms with E-state index in [9.17, 15) is 14.7 Å². The highest BCUT2D eigenvalue weighted by molar-refractivity contribution is 5.80. The van der Waals surface area contributed by atoms with Gasteiger partial charge in [0.2, 0.25) is 5.91 Å². The molecule has 0 aliphatic carbocycles. The maximum Gasteiger partial charge on any atom is 0.254 e. The molecule has 6 nitrogen and oxygen atoms in total. The molecule has 0 aromatic carbocycles. The summed E-state index contributed by atoms with van der Waals surface area (Å²) in [6.45, 7) is 5.94. The molecule has 1 aromatic heterocycles. The van der Waals surface area contributed by atoms with Gasteiger partial charge in [-0.2, -0.15) is 0 Å². The van der Waals surface area contributed by atoms with Crippen LogP contribution >= 0.6 is 0 Å². The number of carbonyl (C=O) groups excluding carboxylic acids is 1. The van der Waals surface area contributed by atoms with Gasteiger partial charge in [0.15, 0.2) is 0 Å². The molecular weight excluding hydrogens is 306 g/mol. The van der Waals surface area contributed by atoms with Gasteiger partial charge in [-0.05, 0) is 32.6 Å². The molecule has 2 aliphatic rings. The summed E-state index contributed by atoms with van der Waals surface area (Å²) in [4.78, 5) is 34.3. The number of aryl methyl sites for hydroxylation is 2. The lowest BCUT2D eigenvalue weighted by Gasteiger charge is -2.34. The Hall–Kier alpha value is -1.69. The second kappa shape index (κ2) is 6.31. The lowest BCUT2D eigenvalue weighted by Crippen LogP contribution is -2.43. The number of aliphatic hydroxyl groups is 1. The van der Waals surface area contributed by atoms with Crippen molar-refractivity contribution in [2.45, 2.75) is 71.4 Å². The minimum atomic E-state index is -0.205. The Labute approximate surface area is 142 Å². The van der Waals surface area contributed by atoms with E-state index in [-0.39, 0.29) is 42.0 Å². The standard InChI is InChI=1S/C18H27N3O3/c1-4-15-19-11(3)13(17(24)20-15)8-16(23)21-12-6-7-14(21)18(5-2,9-12)10-22/h12,14,22H,4-10H2,1-3H3,(H,19,20,24)/t12-,14+,18-/m1/s1. The van der Waals surface area contributed by atoms with Crippen LogP contribution in [-0.2, 0) is 17.6 Å². The minimum Gasteiger partial charge on any atom is -0.396 e. The van der Waals surface area contributed by atoms with Crippen LogP contribution in [0.15, 0.2) is 4.79 Å². The van der Waals surface area contributed by atoms with Crippen molar-refractivity contribution in [3.63, 3.8) is 0 Å². The fourth-order valence-corrected chi connectivity index (χ4v) is 4.62. The van der Waals surface area contributed by atoms with Gasteiger partial charge in [0, 0.05) is 35.2 Å². The van der Waals surface area contributed by atoms with Crippen LogP contribution in [0.5, 0.6) is 0 Å². The summed E-state index contributed by atoms with van der Waals surface area (Å²) in [7, 11) is 0. The number of aromatic nitrogens is 2. The van der Waals surface area contributed by atoms with Crippen molar-refractivity contribution in [3.05, 3.63) is 27.4 Å². The molecule has 0 saturated carbocycles. The molecule has 1 aromatic rings. The number of nitrogens with zero attached hydrogens (tertiary/aromatic N) is 2. The lowest BCUT2D eigenvalue weighted by molar-refractivity contribution is -0.132. The zero-order valence-corrected chi connectivity index (χ0v) is 14.8. The van der Waals surface area contributed by atoms with Gasteiger partial charge in [0.05, 0.1) is 13.0 Å². The molecule has 3 rings (SSSR count). The maximum atomic E-state index is 12.9. The number of nitrogens with one attached hydrogen (secondary N) is 1. The van der Waals surface area contributed by atoms with E-state index >= 15 is 0 Å². The summed E-state index contributed by atoms with van der Waals surface area (Å²) >= 11 is 0. The van der Waals surface area contributed by atoms with E-state index in [1.807, 2.05) is 11.8 Å². The van der Waals surface area contributed by atoms with Gasteiger partial charge in [0.25, 0.3) is 5.56 Å². The number of fused-ring (bicyclic) bond motifs is 2. The topological polar surface area (TPSA) is 86.3 Å². The molecule has 2 fully saturated rings. The summed E-state index contributed by atoms with van der Waals surface area (Å²) in [5.74, 6) is 0.645. The predicted molar refractivity (Wildman–Crippen MR) is 90.8 cm³/mol. The maximum absolute atomic E-state index is 12.9. The van der Waals surface area contributed by atoms with Crippen LogP contribution in [-0.4, -0.2) is 44.6 Å². The van der Waals surface area contributed by atoms with Gasteiger partial charge >= 0.3 is 0 Å². The number of hydrogen-bond donors (Lipinski definition) is 2. The fraction of sp³-hybridized carbons (Fsp3) is 0.722. The van der Waals surface area contributed by atoms with Crippen molar-refractivity contribution in [2.75, 3.05) is 6.61 Å². The Bertz CT molecular complexity index is 693. The molecule has 0 radical (unpaired) electrons. The Morgan fingerprint density at radius 1 is 1.42 bits per heavy atom. The van der Waals surface area contributed by atoms with Crippen molar-refractivity contribution in [1.82, 2.24) is 14.9 Å². The third-order valence-corrected chi connectivity index (χ3v) is 6.09. The Morgan fingerprint density at radius 2 is 2.17 bits per heavy atom. The zero-order valence-electron chi connectivity index (χ0n) is 14.8. The number of amides is 1. The van der Waals surface area contributed by atoms with E-state index < -0.39 is 0 Å². The SMILES string of the molecule is CCc1nc(C)c(CC(=O)N2[C@@H]3CC[C@H]2[C@@](CC)(CO)C3)c(=O)[nH]1. The number of H-pyrrole nitrogens is 1. The van der Waals surface area contributed by atoms with Gasteiger partial charge in [-0.15, -0.1) is 0 Å². The van der Waals surface area contributed by atoms with Crippen molar-refractivity contribution >= 4 is 5.91 Å². The van der Waals surface area contributed by atoms with E-state index in [4.69, 9.17) is 0 Å². The second-order valence-corrected chi connectivity index (χ2v) is 7.23. The summed E-state index contributed by atoms with van der Waals surface area (Å²) in [6, 6.07) is 0.309. The Kier molecular flexibility index (Phi) is 4.51. The first-order valence-corrected chi connectivity index (χ1v) is 8.96. The van der Waals surface area contributed by atoms with Crippen LogP contribution in [0.3, 0.4) is 0 Å². The number of aromatic amines is 1. The van der Waals surface area contributed by atoms with Gasteiger partial charge in [-0.3, -0.25) is 9.59 Å². The third-order valence-electron chi connectivity index (χ3n) is 6.09. The Balaban J connectivity index is 1.83. The first-order valence-electron chi connectivity index (χ1n) is 8.96. The molecule has 2 aliphatic heterocycles. The molecule has 2 saturated heterocycles. The smallest absolute Gasteiger partial charge is 0.254 e. The van der Waals surface area contributed by atoms with Crippen LogP contribution in [0.25, 0.3) is 0 Å². The molecule has 0 unspecified atom stereocenters. The predicted octanol–water partition coefficient (Wildman–Crippen LogP) is 1.34. The molecule has 6 heteroatoms. The fourth-order valence-electron chi connectivity index (χ4n) is 4.62. The first-order chi connectivity index (χ1) is 11.5. The highest BCUT2D eigenvalue weighted by atomic mass is 16.3. The number of hydrogen-bond acceptors (Lipinski definition) is 4. The average Bonchev–Trinajstić information content (AvgIpc) is 3.13. The molecule has 24 heavy (non-hydrogen) atoms. The van der Waals surface area contributed by atoms with Crippen molar-refractivity contribution in [2.24, 2.45) is 5.41 Å². The summed E-state index contributed by atoms with van der Waals surface area (Å²) in [5, 5.41) is 9.87. The zero-order chi connectivity index (χ0) is 17.5. The van der Waals surface area contributed by atoms with E-state index in [2.05, 4.69) is 16.9 Å². The first kappa shape index (κ1) is 17.1. The monoisotopic (exact) mass is 333 g/mol. The Morgan fingerprint density at radius 3 is 2.71 bits per heavy atom. The van der Waals surface area contributed by atoms with Crippen LogP contribution < -0.4 is 5.56 Å².